The Balaban J connectivity index is 2.55. The van der Waals surface area contributed by atoms with Crippen molar-refractivity contribution in [1.82, 2.24) is 10.2 Å². The monoisotopic (exact) mass is 306 g/mol. The standard InChI is InChI=1S/C17H26N2O3/c1-5-22-17(21)16(20)18-14(4)11-19(13(2)3)12-15-9-7-6-8-10-15/h6-10,13-14H,5,11-12H2,1-4H3,(H,18,20). The number of carbonyl (C=O) groups is 2. The highest BCUT2D eigenvalue weighted by Crippen LogP contribution is 2.08. The zero-order chi connectivity index (χ0) is 16.5. The summed E-state index contributed by atoms with van der Waals surface area (Å²) in [6, 6.07) is 10.4. The van der Waals surface area contributed by atoms with E-state index in [2.05, 4.69) is 40.9 Å². The molecule has 1 rings (SSSR count). The molecule has 0 aliphatic heterocycles. The molecule has 1 aromatic carbocycles. The van der Waals surface area contributed by atoms with E-state index in [9.17, 15) is 9.59 Å². The van der Waals surface area contributed by atoms with Crippen LogP contribution in [-0.2, 0) is 20.9 Å². The molecule has 0 saturated heterocycles. The van der Waals surface area contributed by atoms with Gasteiger partial charge in [0.05, 0.1) is 6.61 Å². The van der Waals surface area contributed by atoms with Gasteiger partial charge < -0.3 is 10.1 Å². The van der Waals surface area contributed by atoms with Gasteiger partial charge in [0.15, 0.2) is 0 Å². The van der Waals surface area contributed by atoms with Gasteiger partial charge in [-0.25, -0.2) is 4.79 Å². The lowest BCUT2D eigenvalue weighted by atomic mass is 10.1. The lowest BCUT2D eigenvalue weighted by Crippen LogP contribution is -2.46. The van der Waals surface area contributed by atoms with E-state index in [-0.39, 0.29) is 12.6 Å². The Morgan fingerprint density at radius 3 is 2.36 bits per heavy atom. The summed E-state index contributed by atoms with van der Waals surface area (Å²) in [7, 11) is 0. The minimum absolute atomic E-state index is 0.136. The van der Waals surface area contributed by atoms with Crippen molar-refractivity contribution in [3.63, 3.8) is 0 Å². The minimum Gasteiger partial charge on any atom is -0.459 e. The Labute approximate surface area is 132 Å². The SMILES string of the molecule is CCOC(=O)C(=O)NC(C)CN(Cc1ccccc1)C(C)C. The average molecular weight is 306 g/mol. The van der Waals surface area contributed by atoms with Crippen molar-refractivity contribution in [2.24, 2.45) is 0 Å². The topological polar surface area (TPSA) is 58.6 Å². The molecule has 1 amide bonds. The third kappa shape index (κ3) is 6.26. The van der Waals surface area contributed by atoms with E-state index in [0.29, 0.717) is 12.6 Å². The van der Waals surface area contributed by atoms with Crippen LogP contribution in [0.2, 0.25) is 0 Å². The van der Waals surface area contributed by atoms with Crippen molar-refractivity contribution in [2.75, 3.05) is 13.2 Å². The molecule has 0 aliphatic carbocycles. The lowest BCUT2D eigenvalue weighted by molar-refractivity contribution is -0.154. The van der Waals surface area contributed by atoms with E-state index in [1.165, 1.54) is 5.56 Å². The number of esters is 1. The maximum atomic E-state index is 11.6. The molecule has 1 N–H and O–H groups in total. The van der Waals surface area contributed by atoms with Crippen LogP contribution < -0.4 is 5.32 Å². The fourth-order valence-electron chi connectivity index (χ4n) is 2.15. The smallest absolute Gasteiger partial charge is 0.396 e. The van der Waals surface area contributed by atoms with E-state index in [1.54, 1.807) is 6.92 Å². The molecule has 0 bridgehead atoms. The zero-order valence-electron chi connectivity index (χ0n) is 13.8. The molecule has 0 fully saturated rings. The number of benzene rings is 1. The maximum absolute atomic E-state index is 11.6. The molecule has 0 heterocycles. The summed E-state index contributed by atoms with van der Waals surface area (Å²) in [5, 5.41) is 2.68. The van der Waals surface area contributed by atoms with E-state index >= 15 is 0 Å². The third-order valence-corrected chi connectivity index (χ3v) is 3.31. The van der Waals surface area contributed by atoms with Crippen LogP contribution in [0.15, 0.2) is 30.3 Å². The van der Waals surface area contributed by atoms with Gasteiger partial charge in [0.25, 0.3) is 0 Å². The predicted octanol–water partition coefficient (Wildman–Crippen LogP) is 1.96. The summed E-state index contributed by atoms with van der Waals surface area (Å²) < 4.78 is 4.69. The normalized spacial score (nSPS) is 12.3. The van der Waals surface area contributed by atoms with Gasteiger partial charge in [-0.05, 0) is 33.3 Å². The first-order valence-electron chi connectivity index (χ1n) is 7.69. The van der Waals surface area contributed by atoms with Gasteiger partial charge >= 0.3 is 11.9 Å². The summed E-state index contributed by atoms with van der Waals surface area (Å²) >= 11 is 0. The molecule has 22 heavy (non-hydrogen) atoms. The van der Waals surface area contributed by atoms with Crippen LogP contribution in [0.3, 0.4) is 0 Å². The van der Waals surface area contributed by atoms with Crippen LogP contribution in [0.5, 0.6) is 0 Å². The highest BCUT2D eigenvalue weighted by atomic mass is 16.5. The van der Waals surface area contributed by atoms with Crippen molar-refractivity contribution in [2.45, 2.75) is 46.3 Å². The molecule has 0 spiro atoms. The van der Waals surface area contributed by atoms with Crippen molar-refractivity contribution in [3.8, 4) is 0 Å². The van der Waals surface area contributed by atoms with Crippen LogP contribution in [-0.4, -0.2) is 42.0 Å². The quantitative estimate of drug-likeness (QED) is 0.618. The second kappa shape index (κ2) is 9.20. The Morgan fingerprint density at radius 1 is 1.18 bits per heavy atom. The second-order valence-electron chi connectivity index (χ2n) is 5.60. The molecule has 0 aliphatic rings. The summed E-state index contributed by atoms with van der Waals surface area (Å²) in [5.74, 6) is -1.51. The zero-order valence-corrected chi connectivity index (χ0v) is 13.8. The fraction of sp³-hybridized carbons (Fsp3) is 0.529. The lowest BCUT2D eigenvalue weighted by Gasteiger charge is -2.29. The predicted molar refractivity (Wildman–Crippen MR) is 86.2 cm³/mol. The number of ether oxygens (including phenoxy) is 1. The van der Waals surface area contributed by atoms with E-state index in [0.717, 1.165) is 6.54 Å². The van der Waals surface area contributed by atoms with E-state index in [4.69, 9.17) is 0 Å². The molecular formula is C17H26N2O3. The van der Waals surface area contributed by atoms with Crippen LogP contribution in [0.1, 0.15) is 33.3 Å². The van der Waals surface area contributed by atoms with Gasteiger partial charge in [0, 0.05) is 25.2 Å². The highest BCUT2D eigenvalue weighted by molar-refractivity contribution is 6.32. The largest absolute Gasteiger partial charge is 0.459 e. The van der Waals surface area contributed by atoms with Gasteiger partial charge in [-0.2, -0.15) is 0 Å². The number of nitrogens with one attached hydrogen (secondary N) is 1. The first-order valence-corrected chi connectivity index (χ1v) is 7.69. The molecule has 0 saturated carbocycles. The molecule has 0 radical (unpaired) electrons. The summed E-state index contributed by atoms with van der Waals surface area (Å²) in [4.78, 5) is 25.2. The molecule has 0 aromatic heterocycles. The molecular weight excluding hydrogens is 280 g/mol. The van der Waals surface area contributed by atoms with E-state index in [1.807, 2.05) is 25.1 Å². The molecule has 1 unspecified atom stereocenters. The number of hydrogen-bond acceptors (Lipinski definition) is 4. The Morgan fingerprint density at radius 2 is 1.82 bits per heavy atom. The van der Waals surface area contributed by atoms with Crippen molar-refractivity contribution < 1.29 is 14.3 Å². The van der Waals surface area contributed by atoms with Gasteiger partial charge in [0.1, 0.15) is 0 Å². The van der Waals surface area contributed by atoms with Crippen LogP contribution >= 0.6 is 0 Å². The molecule has 1 aromatic rings. The van der Waals surface area contributed by atoms with Crippen LogP contribution in [0.4, 0.5) is 0 Å². The summed E-state index contributed by atoms with van der Waals surface area (Å²) in [6.07, 6.45) is 0. The molecule has 5 heteroatoms. The van der Waals surface area contributed by atoms with E-state index < -0.39 is 11.9 Å². The average Bonchev–Trinajstić information content (AvgIpc) is 2.47. The second-order valence-corrected chi connectivity index (χ2v) is 5.60. The fourth-order valence-corrected chi connectivity index (χ4v) is 2.15. The van der Waals surface area contributed by atoms with Crippen molar-refractivity contribution in [1.29, 1.82) is 0 Å². The van der Waals surface area contributed by atoms with Gasteiger partial charge in [0.2, 0.25) is 0 Å². The summed E-state index contributed by atoms with van der Waals surface area (Å²) in [5.41, 5.74) is 1.22. The number of carbonyl (C=O) groups excluding carboxylic acids is 2. The van der Waals surface area contributed by atoms with Gasteiger partial charge in [-0.15, -0.1) is 0 Å². The Kier molecular flexibility index (Phi) is 7.60. The van der Waals surface area contributed by atoms with Crippen LogP contribution in [0.25, 0.3) is 0 Å². The first kappa shape index (κ1) is 18.2. The van der Waals surface area contributed by atoms with Crippen LogP contribution in [0, 0.1) is 0 Å². The highest BCUT2D eigenvalue weighted by Gasteiger charge is 2.20. The minimum atomic E-state index is -0.825. The van der Waals surface area contributed by atoms with Crippen molar-refractivity contribution in [3.05, 3.63) is 35.9 Å². The Hall–Kier alpha value is -1.88. The first-order chi connectivity index (χ1) is 10.4. The van der Waals surface area contributed by atoms with Crippen molar-refractivity contribution >= 4 is 11.9 Å². The number of amides is 1. The van der Waals surface area contributed by atoms with Gasteiger partial charge in [-0.3, -0.25) is 9.69 Å². The number of rotatable bonds is 7. The molecule has 1 atom stereocenters. The molecule has 122 valence electrons. The van der Waals surface area contributed by atoms with Gasteiger partial charge in [-0.1, -0.05) is 30.3 Å². The Bertz CT molecular complexity index is 474. The third-order valence-electron chi connectivity index (χ3n) is 3.31. The summed E-state index contributed by atoms with van der Waals surface area (Å²) in [6.45, 7) is 9.46. The number of nitrogens with zero attached hydrogens (tertiary/aromatic N) is 1. The molecule has 5 nitrogen and oxygen atoms in total. The maximum Gasteiger partial charge on any atom is 0.396 e. The number of hydrogen-bond donors (Lipinski definition) is 1.